The van der Waals surface area contributed by atoms with Gasteiger partial charge in [0.1, 0.15) is 0 Å². The number of hydrogen-bond donors (Lipinski definition) is 2. The van der Waals surface area contributed by atoms with Crippen molar-refractivity contribution in [1.29, 1.82) is 0 Å². The van der Waals surface area contributed by atoms with Gasteiger partial charge in [-0.2, -0.15) is 0 Å². The number of hydrogen-bond acceptors (Lipinski definition) is 3. The summed E-state index contributed by atoms with van der Waals surface area (Å²) in [6.07, 6.45) is 1.21. The number of rotatable bonds is 4. The van der Waals surface area contributed by atoms with Gasteiger partial charge in [0, 0.05) is 6.04 Å². The van der Waals surface area contributed by atoms with Crippen LogP contribution in [0.15, 0.2) is 0 Å². The summed E-state index contributed by atoms with van der Waals surface area (Å²) in [5.74, 6) is 1.20. The molecule has 1 aliphatic rings. The molecule has 102 valence electrons. The molecule has 0 aromatic carbocycles. The van der Waals surface area contributed by atoms with Crippen molar-refractivity contribution in [2.75, 3.05) is 7.05 Å². The monoisotopic (exact) mass is 258 g/mol. The van der Waals surface area contributed by atoms with E-state index in [0.717, 1.165) is 12.1 Å². The second-order valence-corrected chi connectivity index (χ2v) is 9.64. The first-order chi connectivity index (χ1) is 7.73. The average Bonchev–Trinajstić information content (AvgIpc) is 2.21. The molecule has 0 bridgehead atoms. The Morgan fingerprint density at radius 1 is 1.47 bits per heavy atom. The van der Waals surface area contributed by atoms with Gasteiger partial charge >= 0.3 is 0 Å². The summed E-state index contributed by atoms with van der Waals surface area (Å²) in [6.45, 7) is 11.2. The predicted octanol–water partition coefficient (Wildman–Crippen LogP) is 2.47. The molecule has 0 saturated carbocycles. The van der Waals surface area contributed by atoms with Crippen LogP contribution in [0.4, 0.5) is 0 Å². The SMILES string of the molecule is CNC(C)C1(C)O[Si](N)(CC(C)C)CCC1C. The Labute approximate surface area is 108 Å². The van der Waals surface area contributed by atoms with E-state index in [1.165, 1.54) is 6.42 Å². The molecule has 0 aromatic heterocycles. The smallest absolute Gasteiger partial charge is 0.267 e. The fraction of sp³-hybridized carbons (Fsp3) is 1.00. The van der Waals surface area contributed by atoms with E-state index in [1.54, 1.807) is 0 Å². The van der Waals surface area contributed by atoms with Crippen LogP contribution in [0, 0.1) is 11.8 Å². The summed E-state index contributed by atoms with van der Waals surface area (Å²) >= 11 is 0. The number of likely N-dealkylation sites (N-methyl/N-ethyl adjacent to an activating group) is 1. The lowest BCUT2D eigenvalue weighted by Crippen LogP contribution is -2.65. The van der Waals surface area contributed by atoms with E-state index in [9.17, 15) is 0 Å². The van der Waals surface area contributed by atoms with Crippen molar-refractivity contribution < 1.29 is 4.43 Å². The minimum absolute atomic E-state index is 0.108. The minimum atomic E-state index is -2.00. The highest BCUT2D eigenvalue weighted by molar-refractivity contribution is 6.70. The van der Waals surface area contributed by atoms with Gasteiger partial charge in [0.25, 0.3) is 8.48 Å². The minimum Gasteiger partial charge on any atom is -0.396 e. The maximum absolute atomic E-state index is 6.58. The highest BCUT2D eigenvalue weighted by atomic mass is 28.4. The van der Waals surface area contributed by atoms with Crippen LogP contribution in [-0.4, -0.2) is 27.2 Å². The summed E-state index contributed by atoms with van der Waals surface area (Å²) in [5.41, 5.74) is -0.108. The van der Waals surface area contributed by atoms with Gasteiger partial charge in [-0.15, -0.1) is 0 Å². The van der Waals surface area contributed by atoms with Gasteiger partial charge in [-0.1, -0.05) is 20.8 Å². The molecular formula is C13H30N2OSi. The Bertz CT molecular complexity index is 256. The van der Waals surface area contributed by atoms with E-state index in [2.05, 4.69) is 39.9 Å². The lowest BCUT2D eigenvalue weighted by Gasteiger charge is -2.51. The molecule has 4 atom stereocenters. The molecule has 0 aliphatic carbocycles. The third-order valence-electron chi connectivity index (χ3n) is 4.45. The molecule has 3 nitrogen and oxygen atoms in total. The maximum atomic E-state index is 6.58. The molecule has 0 spiro atoms. The Morgan fingerprint density at radius 2 is 2.06 bits per heavy atom. The van der Waals surface area contributed by atoms with Crippen LogP contribution in [0.1, 0.15) is 41.0 Å². The predicted molar refractivity (Wildman–Crippen MR) is 76.2 cm³/mol. The maximum Gasteiger partial charge on any atom is 0.267 e. The third kappa shape index (κ3) is 3.31. The van der Waals surface area contributed by atoms with Gasteiger partial charge in [0.2, 0.25) is 0 Å². The van der Waals surface area contributed by atoms with E-state index in [-0.39, 0.29) is 5.60 Å². The van der Waals surface area contributed by atoms with Crippen molar-refractivity contribution >= 4 is 8.48 Å². The molecule has 0 amide bonds. The molecule has 4 heteroatoms. The quantitative estimate of drug-likeness (QED) is 0.762. The highest BCUT2D eigenvalue weighted by Crippen LogP contribution is 2.40. The molecule has 1 rings (SSSR count). The molecule has 1 heterocycles. The molecule has 1 aliphatic heterocycles. The van der Waals surface area contributed by atoms with E-state index in [4.69, 9.17) is 9.83 Å². The second-order valence-electron chi connectivity index (χ2n) is 6.40. The molecular weight excluding hydrogens is 228 g/mol. The van der Waals surface area contributed by atoms with Gasteiger partial charge in [-0.3, -0.25) is 0 Å². The molecule has 1 fully saturated rings. The first kappa shape index (κ1) is 15.2. The molecule has 17 heavy (non-hydrogen) atoms. The lowest BCUT2D eigenvalue weighted by atomic mass is 9.83. The van der Waals surface area contributed by atoms with Gasteiger partial charge in [-0.05, 0) is 51.2 Å². The number of nitrogens with one attached hydrogen (secondary N) is 1. The van der Waals surface area contributed by atoms with E-state index < -0.39 is 8.48 Å². The van der Waals surface area contributed by atoms with Crippen molar-refractivity contribution in [2.24, 2.45) is 17.2 Å². The van der Waals surface area contributed by atoms with Crippen molar-refractivity contribution in [2.45, 2.75) is 64.8 Å². The average molecular weight is 258 g/mol. The van der Waals surface area contributed by atoms with Crippen LogP contribution in [0.5, 0.6) is 0 Å². The van der Waals surface area contributed by atoms with Gasteiger partial charge in [0.05, 0.1) is 5.60 Å². The van der Waals surface area contributed by atoms with Crippen molar-refractivity contribution in [3.63, 3.8) is 0 Å². The Hall–Kier alpha value is 0.0969. The van der Waals surface area contributed by atoms with Crippen LogP contribution in [0.2, 0.25) is 12.1 Å². The topological polar surface area (TPSA) is 47.3 Å². The van der Waals surface area contributed by atoms with E-state index in [0.29, 0.717) is 17.9 Å². The van der Waals surface area contributed by atoms with Crippen LogP contribution >= 0.6 is 0 Å². The van der Waals surface area contributed by atoms with Crippen molar-refractivity contribution in [1.82, 2.24) is 5.32 Å². The molecule has 0 radical (unpaired) electrons. The van der Waals surface area contributed by atoms with Gasteiger partial charge in [-0.25, -0.2) is 0 Å². The summed E-state index contributed by atoms with van der Waals surface area (Å²) < 4.78 is 6.49. The fourth-order valence-corrected chi connectivity index (χ4v) is 6.92. The van der Waals surface area contributed by atoms with Gasteiger partial charge < -0.3 is 15.1 Å². The molecule has 4 unspecified atom stereocenters. The largest absolute Gasteiger partial charge is 0.396 e. The molecule has 1 saturated heterocycles. The van der Waals surface area contributed by atoms with Crippen LogP contribution in [-0.2, 0) is 4.43 Å². The first-order valence-electron chi connectivity index (χ1n) is 6.90. The first-order valence-corrected chi connectivity index (χ1v) is 9.30. The normalized spacial score (nSPS) is 40.6. The van der Waals surface area contributed by atoms with Crippen molar-refractivity contribution in [3.8, 4) is 0 Å². The Morgan fingerprint density at radius 3 is 2.53 bits per heavy atom. The molecule has 0 aromatic rings. The van der Waals surface area contributed by atoms with Gasteiger partial charge in [0.15, 0.2) is 0 Å². The zero-order valence-corrected chi connectivity index (χ0v) is 13.3. The summed E-state index contributed by atoms with van der Waals surface area (Å²) in [6, 6.07) is 2.53. The third-order valence-corrected chi connectivity index (χ3v) is 7.94. The van der Waals surface area contributed by atoms with Crippen molar-refractivity contribution in [3.05, 3.63) is 0 Å². The highest BCUT2D eigenvalue weighted by Gasteiger charge is 2.49. The summed E-state index contributed by atoms with van der Waals surface area (Å²) in [5, 5.41) is 9.92. The van der Waals surface area contributed by atoms with Crippen LogP contribution in [0.3, 0.4) is 0 Å². The number of nitrogens with two attached hydrogens (primary N) is 1. The summed E-state index contributed by atoms with van der Waals surface area (Å²) in [7, 11) is 0.00686. The fourth-order valence-electron chi connectivity index (χ4n) is 2.97. The lowest BCUT2D eigenvalue weighted by molar-refractivity contribution is -0.0248. The standard InChI is InChI=1S/C13H30N2OSi/c1-10(2)9-17(14)8-7-11(3)13(5,16-17)12(4)15-6/h10-12,15H,7-9,14H2,1-6H3. The van der Waals surface area contributed by atoms with Crippen LogP contribution in [0.25, 0.3) is 0 Å². The summed E-state index contributed by atoms with van der Waals surface area (Å²) in [4.78, 5) is 0. The Balaban J connectivity index is 2.84. The van der Waals surface area contributed by atoms with E-state index in [1.807, 2.05) is 7.05 Å². The van der Waals surface area contributed by atoms with Crippen LogP contribution < -0.4 is 10.7 Å². The Kier molecular flexibility index (Phi) is 4.80. The second kappa shape index (κ2) is 5.39. The zero-order chi connectivity index (χ0) is 13.3. The zero-order valence-electron chi connectivity index (χ0n) is 12.3. The van der Waals surface area contributed by atoms with E-state index >= 15 is 0 Å². The molecule has 3 N–H and O–H groups in total.